The summed E-state index contributed by atoms with van der Waals surface area (Å²) in [5.74, 6) is -1.24. The highest BCUT2D eigenvalue weighted by molar-refractivity contribution is 9.10. The molecule has 7 heteroatoms. The second kappa shape index (κ2) is 9.24. The van der Waals surface area contributed by atoms with Crippen molar-refractivity contribution in [2.45, 2.75) is 20.3 Å². The van der Waals surface area contributed by atoms with E-state index in [0.29, 0.717) is 0 Å². The third kappa shape index (κ3) is 4.76. The van der Waals surface area contributed by atoms with Crippen LogP contribution in [0.15, 0.2) is 52.0 Å². The van der Waals surface area contributed by atoms with E-state index in [-0.39, 0.29) is 23.1 Å². The highest BCUT2D eigenvalue weighted by Gasteiger charge is 2.14. The van der Waals surface area contributed by atoms with Gasteiger partial charge in [0, 0.05) is 27.9 Å². The molecule has 0 unspecified atom stereocenters. The van der Waals surface area contributed by atoms with E-state index in [0.717, 1.165) is 16.6 Å². The van der Waals surface area contributed by atoms with Crippen LogP contribution in [0.2, 0.25) is 0 Å². The number of esters is 1. The molecule has 0 spiro atoms. The lowest BCUT2D eigenvalue weighted by molar-refractivity contribution is 0.0524. The minimum Gasteiger partial charge on any atom is -0.462 e. The molecule has 0 atom stereocenters. The van der Waals surface area contributed by atoms with Crippen molar-refractivity contribution >= 4 is 32.8 Å². The van der Waals surface area contributed by atoms with Crippen molar-refractivity contribution in [2.75, 3.05) is 6.61 Å². The Hall–Kier alpha value is -2.54. The molecule has 0 aliphatic rings. The summed E-state index contributed by atoms with van der Waals surface area (Å²) >= 11 is 3.31. The van der Waals surface area contributed by atoms with Crippen molar-refractivity contribution in [3.05, 3.63) is 74.5 Å². The van der Waals surface area contributed by atoms with Crippen LogP contribution in [-0.4, -0.2) is 22.5 Å². The second-order valence-electron chi connectivity index (χ2n) is 5.24. The number of benzene rings is 1. The first-order valence-electron chi connectivity index (χ1n) is 8.05. The molecule has 0 radical (unpaired) electrons. The van der Waals surface area contributed by atoms with Gasteiger partial charge in [-0.25, -0.2) is 9.18 Å². The van der Waals surface area contributed by atoms with Crippen LogP contribution < -0.4 is 5.43 Å². The number of hydrogen-bond acceptors (Lipinski definition) is 4. The van der Waals surface area contributed by atoms with E-state index >= 15 is 0 Å². The molecule has 0 aliphatic carbocycles. The van der Waals surface area contributed by atoms with Gasteiger partial charge in [-0.05, 0) is 53.5 Å². The summed E-state index contributed by atoms with van der Waals surface area (Å²) in [6, 6.07) is 8.14. The smallest absolute Gasteiger partial charge is 0.343 e. The number of H-pyrrole nitrogens is 1. The number of carbonyl (C=O) groups is 1. The van der Waals surface area contributed by atoms with E-state index in [1.807, 2.05) is 18.3 Å². The van der Waals surface area contributed by atoms with E-state index in [2.05, 4.69) is 32.8 Å². The van der Waals surface area contributed by atoms with Gasteiger partial charge in [-0.3, -0.25) is 9.78 Å². The maximum absolute atomic E-state index is 13.4. The zero-order valence-corrected chi connectivity index (χ0v) is 16.0. The van der Waals surface area contributed by atoms with Crippen molar-refractivity contribution in [1.29, 1.82) is 0 Å². The predicted molar refractivity (Wildman–Crippen MR) is 102 cm³/mol. The zero-order valence-electron chi connectivity index (χ0n) is 14.4. The summed E-state index contributed by atoms with van der Waals surface area (Å²) in [5.41, 5.74) is 0.574. The summed E-state index contributed by atoms with van der Waals surface area (Å²) in [5, 5.41) is 0.135. The molecule has 26 heavy (non-hydrogen) atoms. The van der Waals surface area contributed by atoms with Crippen molar-refractivity contribution < 1.29 is 13.9 Å². The zero-order chi connectivity index (χ0) is 19.1. The van der Waals surface area contributed by atoms with Gasteiger partial charge >= 0.3 is 5.97 Å². The van der Waals surface area contributed by atoms with Crippen molar-refractivity contribution in [2.24, 2.45) is 0 Å². The number of halogens is 2. The van der Waals surface area contributed by atoms with Gasteiger partial charge < -0.3 is 9.72 Å². The van der Waals surface area contributed by atoms with Gasteiger partial charge in [0.1, 0.15) is 11.4 Å². The first-order valence-corrected chi connectivity index (χ1v) is 8.84. The predicted octanol–water partition coefficient (Wildman–Crippen LogP) is 4.25. The minimum atomic E-state index is -0.708. The number of fused-ring (bicyclic) bond motifs is 1. The van der Waals surface area contributed by atoms with Gasteiger partial charge in [-0.2, -0.15) is 0 Å². The number of nitrogens with zero attached hydrogens (tertiary/aromatic N) is 1. The fourth-order valence-corrected chi connectivity index (χ4v) is 2.43. The molecule has 0 saturated heterocycles. The number of aryl methyl sites for hydroxylation is 1. The third-order valence-corrected chi connectivity index (χ3v) is 3.98. The van der Waals surface area contributed by atoms with E-state index < -0.39 is 17.2 Å². The van der Waals surface area contributed by atoms with Crippen LogP contribution in [0, 0.1) is 5.82 Å². The largest absolute Gasteiger partial charge is 0.462 e. The Bertz CT molecular complexity index is 955. The number of ether oxygens (including phenoxy) is 1. The molecule has 2 heterocycles. The van der Waals surface area contributed by atoms with Crippen LogP contribution in [0.3, 0.4) is 0 Å². The first kappa shape index (κ1) is 19.8. The summed E-state index contributed by atoms with van der Waals surface area (Å²) in [6.45, 7) is 3.92. The van der Waals surface area contributed by atoms with Crippen molar-refractivity contribution in [1.82, 2.24) is 9.97 Å². The fourth-order valence-electron chi connectivity index (χ4n) is 2.19. The summed E-state index contributed by atoms with van der Waals surface area (Å²) in [6.07, 6.45) is 4.00. The Morgan fingerprint density at radius 3 is 2.65 bits per heavy atom. The lowest BCUT2D eigenvalue weighted by Crippen LogP contribution is -2.18. The van der Waals surface area contributed by atoms with Gasteiger partial charge in [0.25, 0.3) is 0 Å². The molecule has 0 amide bonds. The number of aromatic nitrogens is 2. The number of para-hydroxylation sites is 1. The van der Waals surface area contributed by atoms with Crippen LogP contribution in [0.1, 0.15) is 29.9 Å². The number of rotatable bonds is 3. The van der Waals surface area contributed by atoms with Gasteiger partial charge in [-0.15, -0.1) is 0 Å². The summed E-state index contributed by atoms with van der Waals surface area (Å²) in [4.78, 5) is 30.1. The Morgan fingerprint density at radius 2 is 2.04 bits per heavy atom. The Kier molecular flexibility index (Phi) is 7.03. The van der Waals surface area contributed by atoms with Gasteiger partial charge in [0.15, 0.2) is 0 Å². The molecule has 0 aliphatic heterocycles. The third-order valence-electron chi connectivity index (χ3n) is 3.51. The standard InChI is InChI=1S/C12H10FNO3.C7H8BrN/c1-2-17-12(16)8-6-14-10-7(11(8)15)4-3-5-9(10)13;1-2-7-4-3-6(8)5-9-7/h3-6H,2H2,1H3,(H,14,15);3-5H,2H2,1H3. The van der Waals surface area contributed by atoms with E-state index in [4.69, 9.17) is 4.74 Å². The topological polar surface area (TPSA) is 72.1 Å². The average molecular weight is 421 g/mol. The molecule has 5 nitrogen and oxygen atoms in total. The number of carbonyl (C=O) groups excluding carboxylic acids is 1. The number of hydrogen-bond donors (Lipinski definition) is 1. The van der Waals surface area contributed by atoms with Crippen LogP contribution in [0.4, 0.5) is 4.39 Å². The summed E-state index contributed by atoms with van der Waals surface area (Å²) in [7, 11) is 0. The van der Waals surface area contributed by atoms with Crippen LogP contribution in [-0.2, 0) is 11.2 Å². The van der Waals surface area contributed by atoms with Gasteiger partial charge in [0.05, 0.1) is 12.1 Å². The normalized spacial score (nSPS) is 10.2. The molecule has 0 fully saturated rings. The average Bonchev–Trinajstić information content (AvgIpc) is 2.64. The van der Waals surface area contributed by atoms with E-state index in [1.54, 1.807) is 6.92 Å². The monoisotopic (exact) mass is 420 g/mol. The van der Waals surface area contributed by atoms with Crippen LogP contribution in [0.5, 0.6) is 0 Å². The van der Waals surface area contributed by atoms with Gasteiger partial charge in [0.2, 0.25) is 5.43 Å². The minimum absolute atomic E-state index is 0.0885. The van der Waals surface area contributed by atoms with Crippen molar-refractivity contribution in [3.8, 4) is 0 Å². The number of pyridine rings is 2. The molecule has 3 rings (SSSR count). The Labute approximate surface area is 158 Å². The SMILES string of the molecule is CCOC(=O)c1c[nH]c2c(F)cccc2c1=O.CCc1ccc(Br)cn1. The molecule has 3 aromatic rings. The number of aromatic amines is 1. The van der Waals surface area contributed by atoms with E-state index in [9.17, 15) is 14.0 Å². The van der Waals surface area contributed by atoms with Gasteiger partial charge in [-0.1, -0.05) is 13.0 Å². The molecule has 0 bridgehead atoms. The Morgan fingerprint density at radius 1 is 1.27 bits per heavy atom. The molecule has 136 valence electrons. The fraction of sp³-hybridized carbons (Fsp3) is 0.211. The molecule has 0 saturated carbocycles. The summed E-state index contributed by atoms with van der Waals surface area (Å²) < 4.78 is 19.1. The lowest BCUT2D eigenvalue weighted by atomic mass is 10.1. The maximum atomic E-state index is 13.4. The van der Waals surface area contributed by atoms with Crippen molar-refractivity contribution in [3.63, 3.8) is 0 Å². The molecule has 1 aromatic carbocycles. The highest BCUT2D eigenvalue weighted by atomic mass is 79.9. The molecule has 2 aromatic heterocycles. The highest BCUT2D eigenvalue weighted by Crippen LogP contribution is 2.12. The molecular weight excluding hydrogens is 403 g/mol. The van der Waals surface area contributed by atoms with Crippen LogP contribution >= 0.6 is 15.9 Å². The van der Waals surface area contributed by atoms with E-state index in [1.165, 1.54) is 24.4 Å². The lowest BCUT2D eigenvalue weighted by Gasteiger charge is -2.03. The molecule has 1 N–H and O–H groups in total. The number of nitrogens with one attached hydrogen (secondary N) is 1. The molecular formula is C19H18BrFN2O3. The Balaban J connectivity index is 0.000000228. The second-order valence-corrected chi connectivity index (χ2v) is 6.15. The maximum Gasteiger partial charge on any atom is 0.343 e. The quantitative estimate of drug-likeness (QED) is 0.642. The first-order chi connectivity index (χ1) is 12.5. The van der Waals surface area contributed by atoms with Crippen LogP contribution in [0.25, 0.3) is 10.9 Å².